The van der Waals surface area contributed by atoms with Gasteiger partial charge in [0.2, 0.25) is 0 Å². The second-order valence-electron chi connectivity index (χ2n) is 5.37. The fourth-order valence-electron chi connectivity index (χ4n) is 2.74. The van der Waals surface area contributed by atoms with E-state index in [-0.39, 0.29) is 0 Å². The zero-order valence-electron chi connectivity index (χ0n) is 12.7. The van der Waals surface area contributed by atoms with Crippen LogP contribution in [0.25, 0.3) is 0 Å². The molecule has 1 aromatic rings. The predicted octanol–water partition coefficient (Wildman–Crippen LogP) is 3.32. The molecular formula is C17H24N2OS. The van der Waals surface area contributed by atoms with E-state index in [0.717, 1.165) is 36.6 Å². The first-order valence-corrected chi connectivity index (χ1v) is 8.87. The van der Waals surface area contributed by atoms with E-state index in [4.69, 9.17) is 4.74 Å². The Hall–Kier alpha value is -1.02. The molecule has 0 amide bonds. The van der Waals surface area contributed by atoms with Crippen molar-refractivity contribution >= 4 is 11.8 Å². The van der Waals surface area contributed by atoms with Gasteiger partial charge in [-0.1, -0.05) is 37.3 Å². The van der Waals surface area contributed by atoms with Gasteiger partial charge in [-0.25, -0.2) is 0 Å². The normalized spacial score (nSPS) is 20.9. The molecule has 1 aliphatic heterocycles. The maximum Gasteiger partial charge on any atom is 0.133 e. The van der Waals surface area contributed by atoms with E-state index in [1.54, 1.807) is 0 Å². The summed E-state index contributed by atoms with van der Waals surface area (Å²) in [7, 11) is 0. The number of benzene rings is 1. The third kappa shape index (κ3) is 4.47. The van der Waals surface area contributed by atoms with Crippen LogP contribution in [0.4, 0.5) is 0 Å². The lowest BCUT2D eigenvalue weighted by molar-refractivity contribution is 0.129. The van der Waals surface area contributed by atoms with Crippen LogP contribution in [-0.2, 0) is 10.3 Å². The minimum Gasteiger partial charge on any atom is -0.377 e. The van der Waals surface area contributed by atoms with Crippen molar-refractivity contribution in [2.45, 2.75) is 37.8 Å². The van der Waals surface area contributed by atoms with Crippen molar-refractivity contribution in [3.05, 3.63) is 35.9 Å². The Balaban J connectivity index is 1.91. The summed E-state index contributed by atoms with van der Waals surface area (Å²) < 4.78 is 5.64. The van der Waals surface area contributed by atoms with Crippen molar-refractivity contribution in [1.29, 1.82) is 5.26 Å². The lowest BCUT2D eigenvalue weighted by Crippen LogP contribution is -2.41. The van der Waals surface area contributed by atoms with E-state index >= 15 is 0 Å². The van der Waals surface area contributed by atoms with Gasteiger partial charge in [-0.05, 0) is 37.1 Å². The van der Waals surface area contributed by atoms with Gasteiger partial charge in [0.15, 0.2) is 0 Å². The second kappa shape index (κ2) is 8.43. The molecule has 1 N–H and O–H groups in total. The Morgan fingerprint density at radius 2 is 2.24 bits per heavy atom. The molecular weight excluding hydrogens is 280 g/mol. The van der Waals surface area contributed by atoms with Crippen molar-refractivity contribution in [3.8, 4) is 6.07 Å². The summed E-state index contributed by atoms with van der Waals surface area (Å²) in [4.78, 5) is 0. The SMILES string of the molecule is CCNC(C#N)(CCSCC1CCCO1)c1ccccc1. The minimum atomic E-state index is -0.570. The van der Waals surface area contributed by atoms with Crippen LogP contribution in [0, 0.1) is 11.3 Å². The van der Waals surface area contributed by atoms with E-state index in [9.17, 15) is 5.26 Å². The van der Waals surface area contributed by atoms with Gasteiger partial charge in [-0.15, -0.1) is 0 Å². The molecule has 1 saturated heterocycles. The number of nitrogens with one attached hydrogen (secondary N) is 1. The molecule has 1 aromatic carbocycles. The highest BCUT2D eigenvalue weighted by Gasteiger charge is 2.30. The largest absolute Gasteiger partial charge is 0.377 e. The molecule has 1 fully saturated rings. The van der Waals surface area contributed by atoms with Crippen LogP contribution in [0.1, 0.15) is 31.7 Å². The molecule has 114 valence electrons. The maximum absolute atomic E-state index is 9.73. The molecule has 2 unspecified atom stereocenters. The van der Waals surface area contributed by atoms with Gasteiger partial charge in [-0.3, -0.25) is 5.32 Å². The van der Waals surface area contributed by atoms with Gasteiger partial charge in [0, 0.05) is 12.4 Å². The van der Waals surface area contributed by atoms with Crippen LogP contribution < -0.4 is 5.32 Å². The zero-order valence-corrected chi connectivity index (χ0v) is 13.5. The Kier molecular flexibility index (Phi) is 6.56. The van der Waals surface area contributed by atoms with Crippen LogP contribution in [0.2, 0.25) is 0 Å². The molecule has 21 heavy (non-hydrogen) atoms. The molecule has 4 heteroatoms. The van der Waals surface area contributed by atoms with Crippen LogP contribution in [0.5, 0.6) is 0 Å². The first kappa shape index (κ1) is 16.4. The van der Waals surface area contributed by atoms with Crippen molar-refractivity contribution in [2.24, 2.45) is 0 Å². The summed E-state index contributed by atoms with van der Waals surface area (Å²) in [5, 5.41) is 13.1. The number of nitriles is 1. The third-order valence-corrected chi connectivity index (χ3v) is 4.99. The van der Waals surface area contributed by atoms with Crippen LogP contribution in [-0.4, -0.2) is 30.8 Å². The van der Waals surface area contributed by atoms with Gasteiger partial charge in [-0.2, -0.15) is 17.0 Å². The molecule has 1 aliphatic rings. The van der Waals surface area contributed by atoms with E-state index in [1.807, 2.05) is 42.1 Å². The number of hydrogen-bond acceptors (Lipinski definition) is 4. The number of ether oxygens (including phenoxy) is 1. The van der Waals surface area contributed by atoms with E-state index in [1.165, 1.54) is 12.8 Å². The first-order chi connectivity index (χ1) is 10.3. The molecule has 0 spiro atoms. The summed E-state index contributed by atoms with van der Waals surface area (Å²) in [5.41, 5.74) is 0.492. The molecule has 3 nitrogen and oxygen atoms in total. The Morgan fingerprint density at radius 3 is 2.86 bits per heavy atom. The minimum absolute atomic E-state index is 0.419. The highest BCUT2D eigenvalue weighted by Crippen LogP contribution is 2.27. The Labute approximate surface area is 132 Å². The smallest absolute Gasteiger partial charge is 0.133 e. The highest BCUT2D eigenvalue weighted by molar-refractivity contribution is 7.99. The summed E-state index contributed by atoms with van der Waals surface area (Å²) in [6.45, 7) is 3.75. The van der Waals surface area contributed by atoms with Gasteiger partial charge in [0.05, 0.1) is 12.2 Å². The van der Waals surface area contributed by atoms with Crippen molar-refractivity contribution in [1.82, 2.24) is 5.32 Å². The zero-order chi connectivity index (χ0) is 15.0. The monoisotopic (exact) mass is 304 g/mol. The molecule has 0 aliphatic carbocycles. The molecule has 0 aromatic heterocycles. The van der Waals surface area contributed by atoms with Crippen LogP contribution >= 0.6 is 11.8 Å². The van der Waals surface area contributed by atoms with Gasteiger partial charge in [0.25, 0.3) is 0 Å². The van der Waals surface area contributed by atoms with Gasteiger partial charge in [0.1, 0.15) is 5.54 Å². The number of hydrogen-bond donors (Lipinski definition) is 1. The van der Waals surface area contributed by atoms with Crippen molar-refractivity contribution in [2.75, 3.05) is 24.7 Å². The topological polar surface area (TPSA) is 45.0 Å². The maximum atomic E-state index is 9.73. The first-order valence-electron chi connectivity index (χ1n) is 7.72. The lowest BCUT2D eigenvalue weighted by Gasteiger charge is -2.28. The fourth-order valence-corrected chi connectivity index (χ4v) is 3.88. The molecule has 2 rings (SSSR count). The van der Waals surface area contributed by atoms with Gasteiger partial charge >= 0.3 is 0 Å². The van der Waals surface area contributed by atoms with Crippen molar-refractivity contribution < 1.29 is 4.74 Å². The quantitative estimate of drug-likeness (QED) is 0.748. The summed E-state index contributed by atoms with van der Waals surface area (Å²) in [6, 6.07) is 12.6. The fraction of sp³-hybridized carbons (Fsp3) is 0.588. The summed E-state index contributed by atoms with van der Waals surface area (Å²) >= 11 is 1.90. The van der Waals surface area contributed by atoms with Gasteiger partial charge < -0.3 is 4.74 Å². The average Bonchev–Trinajstić information content (AvgIpc) is 3.05. The molecule has 1 heterocycles. The molecule has 0 saturated carbocycles. The second-order valence-corrected chi connectivity index (χ2v) is 6.52. The summed E-state index contributed by atoms with van der Waals surface area (Å²) in [6.07, 6.45) is 3.61. The lowest BCUT2D eigenvalue weighted by atomic mass is 9.88. The average molecular weight is 304 g/mol. The third-order valence-electron chi connectivity index (χ3n) is 3.89. The molecule has 0 bridgehead atoms. The van der Waals surface area contributed by atoms with E-state index < -0.39 is 5.54 Å². The predicted molar refractivity (Wildman–Crippen MR) is 88.3 cm³/mol. The van der Waals surface area contributed by atoms with E-state index in [2.05, 4.69) is 18.3 Å². The van der Waals surface area contributed by atoms with E-state index in [0.29, 0.717) is 6.10 Å². The van der Waals surface area contributed by atoms with Crippen molar-refractivity contribution in [3.63, 3.8) is 0 Å². The number of nitrogens with zero attached hydrogens (tertiary/aromatic N) is 1. The highest BCUT2D eigenvalue weighted by atomic mass is 32.2. The number of rotatable bonds is 8. The standard InChI is InChI=1S/C17H24N2OS/c1-2-19-17(14-18,15-7-4-3-5-8-15)10-12-21-13-16-9-6-11-20-16/h3-5,7-8,16,19H,2,6,9-13H2,1H3. The molecule has 0 radical (unpaired) electrons. The number of thioether (sulfide) groups is 1. The molecule has 2 atom stereocenters. The van der Waals surface area contributed by atoms with Crippen LogP contribution in [0.15, 0.2) is 30.3 Å². The Morgan fingerprint density at radius 1 is 1.43 bits per heavy atom. The summed E-state index contributed by atoms with van der Waals surface area (Å²) in [5.74, 6) is 2.01. The Bertz CT molecular complexity index is 454. The van der Waals surface area contributed by atoms with Crippen LogP contribution in [0.3, 0.4) is 0 Å².